The Morgan fingerprint density at radius 3 is 2.33 bits per heavy atom. The van der Waals surface area contributed by atoms with Crippen LogP contribution in [0.25, 0.3) is 5.69 Å². The van der Waals surface area contributed by atoms with Gasteiger partial charge in [-0.15, -0.1) is 0 Å². The molecule has 39 heavy (non-hydrogen) atoms. The first kappa shape index (κ1) is 26.6. The lowest BCUT2D eigenvalue weighted by atomic mass is 10.1. The van der Waals surface area contributed by atoms with Crippen molar-refractivity contribution in [2.45, 2.75) is 6.18 Å². The predicted molar refractivity (Wildman–Crippen MR) is 127 cm³/mol. The van der Waals surface area contributed by atoms with E-state index in [-0.39, 0.29) is 34.3 Å². The summed E-state index contributed by atoms with van der Waals surface area (Å²) in [6.07, 6.45) is -0.615. The first-order chi connectivity index (χ1) is 18.5. The van der Waals surface area contributed by atoms with Crippen molar-refractivity contribution in [3.8, 4) is 17.2 Å². The molecule has 4 aromatic rings. The molecule has 2 heterocycles. The summed E-state index contributed by atoms with van der Waals surface area (Å²) in [6, 6.07) is 7.53. The van der Waals surface area contributed by atoms with Crippen molar-refractivity contribution in [1.29, 1.82) is 0 Å². The second kappa shape index (κ2) is 10.9. The van der Waals surface area contributed by atoms with Crippen LogP contribution in [0.1, 0.15) is 16.1 Å². The molecule has 0 aliphatic rings. The first-order valence-electron chi connectivity index (χ1n) is 10.7. The SMILES string of the molecule is NC(=O)OC(=O)c1cc(Oc2ccc(NC(=O)Nc3cc(C(F)(F)F)ccc3-n3ccnc3)c(F)c2)ccn1. The summed E-state index contributed by atoms with van der Waals surface area (Å²) in [5, 5.41) is 4.51. The molecule has 2 aromatic carbocycles. The second-order valence-corrected chi connectivity index (χ2v) is 7.61. The number of halogens is 4. The number of pyridine rings is 1. The van der Waals surface area contributed by atoms with E-state index in [1.54, 1.807) is 0 Å². The minimum atomic E-state index is -4.67. The number of primary amides is 1. The quantitative estimate of drug-likeness (QED) is 0.174. The highest BCUT2D eigenvalue weighted by Crippen LogP contribution is 2.33. The maximum Gasteiger partial charge on any atom is 0.416 e. The molecule has 0 spiro atoms. The number of nitrogens with zero attached hydrogens (tertiary/aromatic N) is 3. The number of ether oxygens (including phenoxy) is 2. The van der Waals surface area contributed by atoms with Crippen molar-refractivity contribution in [3.05, 3.63) is 90.5 Å². The molecule has 4 N–H and O–H groups in total. The molecule has 2 aromatic heterocycles. The maximum atomic E-state index is 14.7. The normalized spacial score (nSPS) is 11.0. The van der Waals surface area contributed by atoms with Gasteiger partial charge in [0.25, 0.3) is 0 Å². The van der Waals surface area contributed by atoms with E-state index in [9.17, 15) is 31.9 Å². The molecular formula is C24H16F4N6O5. The topological polar surface area (TPSA) is 150 Å². The number of amides is 3. The van der Waals surface area contributed by atoms with Crippen LogP contribution in [0.2, 0.25) is 0 Å². The molecule has 3 amide bonds. The van der Waals surface area contributed by atoms with Gasteiger partial charge >= 0.3 is 24.3 Å². The second-order valence-electron chi connectivity index (χ2n) is 7.61. The van der Waals surface area contributed by atoms with Crippen LogP contribution in [-0.4, -0.2) is 32.6 Å². The molecule has 0 aliphatic carbocycles. The molecule has 15 heteroatoms. The van der Waals surface area contributed by atoms with Crippen LogP contribution in [0.5, 0.6) is 11.5 Å². The summed E-state index contributed by atoms with van der Waals surface area (Å²) in [6.45, 7) is 0. The molecule has 0 bridgehead atoms. The number of urea groups is 1. The third kappa shape index (κ3) is 6.65. The Morgan fingerprint density at radius 2 is 1.67 bits per heavy atom. The Balaban J connectivity index is 1.48. The van der Waals surface area contributed by atoms with Gasteiger partial charge in [0.1, 0.15) is 17.3 Å². The third-order valence-electron chi connectivity index (χ3n) is 4.91. The predicted octanol–water partition coefficient (Wildman–Crippen LogP) is 5.10. The number of alkyl halides is 3. The van der Waals surface area contributed by atoms with E-state index in [1.807, 2.05) is 0 Å². The fraction of sp³-hybridized carbons (Fsp3) is 0.0417. The highest BCUT2D eigenvalue weighted by atomic mass is 19.4. The van der Waals surface area contributed by atoms with Crippen molar-refractivity contribution < 1.29 is 41.4 Å². The maximum absolute atomic E-state index is 14.7. The van der Waals surface area contributed by atoms with Crippen LogP contribution in [0.3, 0.4) is 0 Å². The van der Waals surface area contributed by atoms with Crippen molar-refractivity contribution in [1.82, 2.24) is 14.5 Å². The van der Waals surface area contributed by atoms with Crippen molar-refractivity contribution >= 4 is 29.5 Å². The lowest BCUT2D eigenvalue weighted by molar-refractivity contribution is -0.137. The van der Waals surface area contributed by atoms with Gasteiger partial charge in [-0.05, 0) is 36.4 Å². The number of carbonyl (C=O) groups is 3. The smallest absolute Gasteiger partial charge is 0.416 e. The first-order valence-corrected chi connectivity index (χ1v) is 10.7. The van der Waals surface area contributed by atoms with Gasteiger partial charge in [0.15, 0.2) is 5.69 Å². The van der Waals surface area contributed by atoms with Crippen molar-refractivity contribution in [3.63, 3.8) is 0 Å². The van der Waals surface area contributed by atoms with E-state index >= 15 is 0 Å². The molecule has 4 rings (SSSR count). The Labute approximate surface area is 216 Å². The molecule has 0 aliphatic heterocycles. The summed E-state index contributed by atoms with van der Waals surface area (Å²) < 4.78 is 65.5. The monoisotopic (exact) mass is 544 g/mol. The van der Waals surface area contributed by atoms with Crippen LogP contribution < -0.4 is 21.1 Å². The van der Waals surface area contributed by atoms with E-state index in [1.165, 1.54) is 41.6 Å². The number of aromatic nitrogens is 3. The average molecular weight is 544 g/mol. The summed E-state index contributed by atoms with van der Waals surface area (Å²) in [7, 11) is 0. The minimum absolute atomic E-state index is 0.0378. The Kier molecular flexibility index (Phi) is 7.41. The van der Waals surface area contributed by atoms with Crippen LogP contribution in [-0.2, 0) is 10.9 Å². The number of benzene rings is 2. The van der Waals surface area contributed by atoms with Gasteiger partial charge in [0.05, 0.1) is 29.0 Å². The highest BCUT2D eigenvalue weighted by molar-refractivity contribution is 6.01. The van der Waals surface area contributed by atoms with E-state index in [0.717, 1.165) is 36.4 Å². The molecule has 0 atom stereocenters. The minimum Gasteiger partial charge on any atom is -0.457 e. The van der Waals surface area contributed by atoms with Gasteiger partial charge in [0.2, 0.25) is 0 Å². The number of anilines is 2. The standard InChI is InChI=1S/C24H16F4N6O5/c25-16-10-14(38-15-5-6-31-19(11-15)21(35)39-22(29)36)2-3-17(16)32-23(37)33-18-9-13(24(26,27)28)1-4-20(18)34-8-7-30-12-34/h1-12H,(H2,29,36)(H2,32,33,37). The molecule has 200 valence electrons. The molecule has 0 unspecified atom stereocenters. The van der Waals surface area contributed by atoms with Crippen LogP contribution in [0, 0.1) is 5.82 Å². The lowest BCUT2D eigenvalue weighted by Crippen LogP contribution is -2.21. The Hall–Kier alpha value is -5.47. The summed E-state index contributed by atoms with van der Waals surface area (Å²) in [5.41, 5.74) is 3.16. The number of nitrogens with one attached hydrogen (secondary N) is 2. The fourth-order valence-corrected chi connectivity index (χ4v) is 3.24. The number of hydrogen-bond donors (Lipinski definition) is 3. The summed E-state index contributed by atoms with van der Waals surface area (Å²) in [5.74, 6) is -2.07. The summed E-state index contributed by atoms with van der Waals surface area (Å²) >= 11 is 0. The molecule has 0 saturated carbocycles. The lowest BCUT2D eigenvalue weighted by Gasteiger charge is -2.16. The van der Waals surface area contributed by atoms with Crippen LogP contribution >= 0.6 is 0 Å². The number of esters is 1. The van der Waals surface area contributed by atoms with Gasteiger partial charge in [-0.25, -0.2) is 28.7 Å². The van der Waals surface area contributed by atoms with Gasteiger partial charge in [-0.1, -0.05) is 0 Å². The fourth-order valence-electron chi connectivity index (χ4n) is 3.24. The van der Waals surface area contributed by atoms with E-state index in [2.05, 4.69) is 25.3 Å². The number of rotatable bonds is 6. The zero-order chi connectivity index (χ0) is 28.2. The number of nitrogens with two attached hydrogens (primary N) is 1. The number of hydrogen-bond acceptors (Lipinski definition) is 7. The van der Waals surface area contributed by atoms with Gasteiger partial charge in [-0.2, -0.15) is 13.2 Å². The van der Waals surface area contributed by atoms with E-state index < -0.39 is 35.7 Å². The Morgan fingerprint density at radius 1 is 0.923 bits per heavy atom. The molecule has 0 fully saturated rings. The van der Waals surface area contributed by atoms with E-state index in [0.29, 0.717) is 0 Å². The number of imidazole rings is 1. The average Bonchev–Trinajstić information content (AvgIpc) is 3.40. The molecular weight excluding hydrogens is 528 g/mol. The molecule has 0 radical (unpaired) electrons. The van der Waals surface area contributed by atoms with Crippen LogP contribution in [0.4, 0.5) is 38.5 Å². The van der Waals surface area contributed by atoms with Crippen molar-refractivity contribution in [2.24, 2.45) is 5.73 Å². The number of carbonyl (C=O) groups excluding carboxylic acids is 3. The largest absolute Gasteiger partial charge is 0.457 e. The molecule has 11 nitrogen and oxygen atoms in total. The van der Waals surface area contributed by atoms with Gasteiger partial charge < -0.3 is 30.4 Å². The zero-order valence-electron chi connectivity index (χ0n) is 19.4. The molecule has 0 saturated heterocycles. The Bertz CT molecular complexity index is 1540. The highest BCUT2D eigenvalue weighted by Gasteiger charge is 2.31. The van der Waals surface area contributed by atoms with Crippen molar-refractivity contribution in [2.75, 3.05) is 10.6 Å². The zero-order valence-corrected chi connectivity index (χ0v) is 19.4. The van der Waals surface area contributed by atoms with Gasteiger partial charge in [-0.3, -0.25) is 0 Å². The summed E-state index contributed by atoms with van der Waals surface area (Å²) in [4.78, 5) is 42.6. The van der Waals surface area contributed by atoms with Crippen LogP contribution in [0.15, 0.2) is 73.4 Å². The van der Waals surface area contributed by atoms with E-state index in [4.69, 9.17) is 10.5 Å². The third-order valence-corrected chi connectivity index (χ3v) is 4.91. The van der Waals surface area contributed by atoms with Gasteiger partial charge in [0, 0.05) is 30.7 Å².